The van der Waals surface area contributed by atoms with E-state index < -0.39 is 10.1 Å². The van der Waals surface area contributed by atoms with E-state index >= 15 is 0 Å². The molecule has 0 atom stereocenters. The van der Waals surface area contributed by atoms with Crippen molar-refractivity contribution in [1.29, 1.82) is 0 Å². The molecule has 0 bridgehead atoms. The lowest BCUT2D eigenvalue weighted by atomic mass is 10.2. The Kier molecular flexibility index (Phi) is 4.04. The van der Waals surface area contributed by atoms with Crippen LogP contribution in [0.15, 0.2) is 47.4 Å². The van der Waals surface area contributed by atoms with E-state index in [4.69, 9.17) is 27.4 Å². The Hall–Kier alpha value is -1.23. The summed E-state index contributed by atoms with van der Waals surface area (Å²) in [5.41, 5.74) is 0.819. The van der Waals surface area contributed by atoms with Gasteiger partial charge in [-0.1, -0.05) is 41.4 Å². The molecule has 0 heterocycles. The summed E-state index contributed by atoms with van der Waals surface area (Å²) in [6.07, 6.45) is 0. The van der Waals surface area contributed by atoms with E-state index in [1.54, 1.807) is 37.3 Å². The third-order valence-corrected chi connectivity index (χ3v) is 4.16. The van der Waals surface area contributed by atoms with Gasteiger partial charge in [0.15, 0.2) is 5.75 Å². The maximum Gasteiger partial charge on any atom is 0.339 e. The van der Waals surface area contributed by atoms with Crippen LogP contribution in [-0.4, -0.2) is 8.42 Å². The van der Waals surface area contributed by atoms with Crippen LogP contribution in [0.5, 0.6) is 5.75 Å². The van der Waals surface area contributed by atoms with E-state index in [-0.39, 0.29) is 20.7 Å². The van der Waals surface area contributed by atoms with E-state index in [1.165, 1.54) is 12.1 Å². The fourth-order valence-electron chi connectivity index (χ4n) is 1.51. The normalized spacial score (nSPS) is 11.3. The Morgan fingerprint density at radius 2 is 1.53 bits per heavy atom. The monoisotopic (exact) mass is 316 g/mol. The summed E-state index contributed by atoms with van der Waals surface area (Å²) in [4.78, 5) is 0.0442. The summed E-state index contributed by atoms with van der Waals surface area (Å²) >= 11 is 11.9. The molecule has 6 heteroatoms. The van der Waals surface area contributed by atoms with Crippen LogP contribution in [0, 0.1) is 6.92 Å². The van der Waals surface area contributed by atoms with E-state index in [9.17, 15) is 8.42 Å². The van der Waals surface area contributed by atoms with Gasteiger partial charge >= 0.3 is 10.1 Å². The van der Waals surface area contributed by atoms with Gasteiger partial charge in [0.1, 0.15) is 4.90 Å². The third kappa shape index (κ3) is 3.21. The zero-order chi connectivity index (χ0) is 14.0. The van der Waals surface area contributed by atoms with Crippen LogP contribution in [0.25, 0.3) is 0 Å². The molecule has 2 rings (SSSR count). The minimum Gasteiger partial charge on any atom is -0.376 e. The van der Waals surface area contributed by atoms with Crippen LogP contribution in [0.3, 0.4) is 0 Å². The molecule has 0 unspecified atom stereocenters. The molecular weight excluding hydrogens is 307 g/mol. The number of halogens is 2. The van der Waals surface area contributed by atoms with Crippen molar-refractivity contribution in [2.45, 2.75) is 11.8 Å². The molecule has 0 radical (unpaired) electrons. The molecule has 0 amide bonds. The van der Waals surface area contributed by atoms with Gasteiger partial charge in [-0.3, -0.25) is 0 Å². The Bertz CT molecular complexity index is 674. The largest absolute Gasteiger partial charge is 0.376 e. The first-order chi connectivity index (χ1) is 8.90. The third-order valence-electron chi connectivity index (χ3n) is 2.37. The topological polar surface area (TPSA) is 43.4 Å². The van der Waals surface area contributed by atoms with Crippen molar-refractivity contribution in [2.24, 2.45) is 0 Å². The predicted octanol–water partition coefficient (Wildman–Crippen LogP) is 4.07. The summed E-state index contributed by atoms with van der Waals surface area (Å²) < 4.78 is 29.1. The van der Waals surface area contributed by atoms with E-state index in [2.05, 4.69) is 0 Å². The van der Waals surface area contributed by atoms with Crippen molar-refractivity contribution in [1.82, 2.24) is 0 Å². The minimum absolute atomic E-state index is 0.0442. The van der Waals surface area contributed by atoms with Crippen molar-refractivity contribution in [3.05, 3.63) is 58.1 Å². The average Bonchev–Trinajstić information content (AvgIpc) is 2.35. The lowest BCUT2D eigenvalue weighted by Gasteiger charge is -2.10. The number of aryl methyl sites for hydroxylation is 1. The molecule has 19 heavy (non-hydrogen) atoms. The molecule has 0 saturated carbocycles. The molecular formula is C13H10Cl2O3S. The fraction of sp³-hybridized carbons (Fsp3) is 0.0769. The molecule has 0 fully saturated rings. The van der Waals surface area contributed by atoms with Gasteiger partial charge in [0, 0.05) is 0 Å². The Balaban J connectivity index is 2.42. The Morgan fingerprint density at radius 1 is 1.00 bits per heavy atom. The summed E-state index contributed by atoms with van der Waals surface area (Å²) in [6, 6.07) is 11.0. The van der Waals surface area contributed by atoms with Gasteiger partial charge in [-0.15, -0.1) is 0 Å². The first-order valence-electron chi connectivity index (χ1n) is 5.35. The van der Waals surface area contributed by atoms with Gasteiger partial charge in [-0.25, -0.2) is 0 Å². The Morgan fingerprint density at radius 3 is 2.05 bits per heavy atom. The van der Waals surface area contributed by atoms with Crippen LogP contribution >= 0.6 is 23.2 Å². The van der Waals surface area contributed by atoms with E-state index in [1.807, 2.05) is 0 Å². The fourth-order valence-corrected chi connectivity index (χ4v) is 3.26. The second-order valence-electron chi connectivity index (χ2n) is 3.91. The quantitative estimate of drug-likeness (QED) is 0.802. The first-order valence-corrected chi connectivity index (χ1v) is 7.52. The summed E-state index contributed by atoms with van der Waals surface area (Å²) in [7, 11) is -3.94. The first kappa shape index (κ1) is 14.2. The lowest BCUT2D eigenvalue weighted by Crippen LogP contribution is -2.10. The van der Waals surface area contributed by atoms with Gasteiger partial charge in [0.05, 0.1) is 10.0 Å². The van der Waals surface area contributed by atoms with Gasteiger partial charge < -0.3 is 4.18 Å². The highest BCUT2D eigenvalue weighted by Gasteiger charge is 2.20. The van der Waals surface area contributed by atoms with Crippen LogP contribution in [0.1, 0.15) is 5.56 Å². The van der Waals surface area contributed by atoms with Crippen LogP contribution in [0.2, 0.25) is 10.0 Å². The van der Waals surface area contributed by atoms with Gasteiger partial charge in [0.25, 0.3) is 0 Å². The molecule has 0 aliphatic carbocycles. The number of rotatable bonds is 3. The predicted molar refractivity (Wildman–Crippen MR) is 75.5 cm³/mol. The minimum atomic E-state index is -3.94. The maximum absolute atomic E-state index is 12.1. The smallest absolute Gasteiger partial charge is 0.339 e. The molecule has 0 aliphatic rings. The van der Waals surface area contributed by atoms with Crippen molar-refractivity contribution in [3.63, 3.8) is 0 Å². The van der Waals surface area contributed by atoms with E-state index in [0.29, 0.717) is 0 Å². The molecule has 0 N–H and O–H groups in total. The van der Waals surface area contributed by atoms with Crippen molar-refractivity contribution in [2.75, 3.05) is 0 Å². The summed E-state index contributed by atoms with van der Waals surface area (Å²) in [5, 5.41) is 0.314. The molecule has 0 saturated heterocycles. The highest BCUT2D eigenvalue weighted by molar-refractivity contribution is 7.87. The van der Waals surface area contributed by atoms with Crippen LogP contribution in [-0.2, 0) is 10.1 Å². The summed E-state index contributed by atoms with van der Waals surface area (Å²) in [5.74, 6) is -0.0576. The molecule has 0 aromatic heterocycles. The van der Waals surface area contributed by atoms with Crippen LogP contribution in [0.4, 0.5) is 0 Å². The highest BCUT2D eigenvalue weighted by atomic mass is 35.5. The van der Waals surface area contributed by atoms with Gasteiger partial charge in [-0.05, 0) is 36.8 Å². The van der Waals surface area contributed by atoms with Crippen LogP contribution < -0.4 is 4.18 Å². The Labute approximate surface area is 121 Å². The van der Waals surface area contributed by atoms with Crippen molar-refractivity contribution in [3.8, 4) is 5.75 Å². The zero-order valence-corrected chi connectivity index (χ0v) is 12.3. The average molecular weight is 317 g/mol. The molecule has 2 aromatic carbocycles. The van der Waals surface area contributed by atoms with Crippen molar-refractivity contribution < 1.29 is 12.6 Å². The van der Waals surface area contributed by atoms with Gasteiger partial charge in [-0.2, -0.15) is 8.42 Å². The summed E-state index contributed by atoms with van der Waals surface area (Å²) in [6.45, 7) is 1.80. The zero-order valence-electron chi connectivity index (χ0n) is 9.93. The molecule has 3 nitrogen and oxygen atoms in total. The molecule has 0 aliphatic heterocycles. The van der Waals surface area contributed by atoms with Crippen molar-refractivity contribution >= 4 is 33.3 Å². The standard InChI is InChI=1S/C13H10Cl2O3S/c1-9-7-11(14)13(12(15)8-9)18-19(16,17)10-5-3-2-4-6-10/h2-8H,1H3. The maximum atomic E-state index is 12.1. The number of hydrogen-bond acceptors (Lipinski definition) is 3. The lowest BCUT2D eigenvalue weighted by molar-refractivity contribution is 0.486. The molecule has 0 spiro atoms. The second-order valence-corrected chi connectivity index (χ2v) is 6.27. The SMILES string of the molecule is Cc1cc(Cl)c(OS(=O)(=O)c2ccccc2)c(Cl)c1. The van der Waals surface area contributed by atoms with Gasteiger partial charge in [0.2, 0.25) is 0 Å². The number of benzene rings is 2. The van der Waals surface area contributed by atoms with E-state index in [0.717, 1.165) is 5.56 Å². The molecule has 2 aromatic rings. The second kappa shape index (κ2) is 5.41. The molecule has 100 valence electrons. The highest BCUT2D eigenvalue weighted by Crippen LogP contribution is 2.35. The number of hydrogen-bond donors (Lipinski definition) is 0.